The Hall–Kier alpha value is -0.0800. The zero-order chi connectivity index (χ0) is 12.8. The molecule has 3 N–H and O–H groups in total. The Balaban J connectivity index is 1.70. The summed E-state index contributed by atoms with van der Waals surface area (Å²) in [4.78, 5) is 0. The molecule has 2 atom stereocenters. The zero-order valence-corrected chi connectivity index (χ0v) is 12.2. The molecule has 2 rings (SSSR count). The van der Waals surface area contributed by atoms with E-state index < -0.39 is 0 Å². The number of nitrogens with two attached hydrogens (primary N) is 1. The van der Waals surface area contributed by atoms with Crippen molar-refractivity contribution >= 4 is 0 Å². The maximum absolute atomic E-state index is 5.98. The van der Waals surface area contributed by atoms with E-state index >= 15 is 0 Å². The van der Waals surface area contributed by atoms with Crippen LogP contribution in [0.5, 0.6) is 0 Å². The van der Waals surface area contributed by atoms with Crippen LogP contribution >= 0.6 is 0 Å². The van der Waals surface area contributed by atoms with Crippen LogP contribution in [0.15, 0.2) is 0 Å². The van der Waals surface area contributed by atoms with Gasteiger partial charge in [-0.15, -0.1) is 0 Å². The normalized spacial score (nSPS) is 38.3. The van der Waals surface area contributed by atoms with E-state index in [1.54, 1.807) is 0 Å². The van der Waals surface area contributed by atoms with Crippen molar-refractivity contribution in [2.75, 3.05) is 0 Å². The van der Waals surface area contributed by atoms with Gasteiger partial charge < -0.3 is 11.1 Å². The lowest BCUT2D eigenvalue weighted by Crippen LogP contribution is -2.42. The molecule has 0 aliphatic heterocycles. The topological polar surface area (TPSA) is 38.0 Å². The van der Waals surface area contributed by atoms with Crippen LogP contribution in [0.2, 0.25) is 0 Å². The highest BCUT2D eigenvalue weighted by molar-refractivity contribution is 4.83. The zero-order valence-electron chi connectivity index (χ0n) is 12.2. The Morgan fingerprint density at radius 1 is 0.889 bits per heavy atom. The third-order valence-corrected chi connectivity index (χ3v) is 5.03. The largest absolute Gasteiger partial charge is 0.328 e. The Labute approximate surface area is 113 Å². The number of nitrogens with one attached hydrogen (secondary N) is 1. The monoisotopic (exact) mass is 252 g/mol. The van der Waals surface area contributed by atoms with Gasteiger partial charge in [-0.3, -0.25) is 0 Å². The number of hydrogen-bond acceptors (Lipinski definition) is 2. The van der Waals surface area contributed by atoms with Gasteiger partial charge in [-0.25, -0.2) is 0 Å². The average molecular weight is 252 g/mol. The minimum Gasteiger partial charge on any atom is -0.328 e. The fourth-order valence-electron chi connectivity index (χ4n) is 3.86. The van der Waals surface area contributed by atoms with Gasteiger partial charge in [0.25, 0.3) is 0 Å². The Morgan fingerprint density at radius 3 is 2.28 bits per heavy atom. The van der Waals surface area contributed by atoms with Gasteiger partial charge in [0, 0.05) is 18.1 Å². The van der Waals surface area contributed by atoms with Gasteiger partial charge in [-0.2, -0.15) is 0 Å². The van der Waals surface area contributed by atoms with E-state index in [1.807, 2.05) is 0 Å². The predicted octanol–water partition coefficient (Wildman–Crippen LogP) is 3.59. The molecule has 0 aromatic rings. The third kappa shape index (κ3) is 4.55. The summed E-state index contributed by atoms with van der Waals surface area (Å²) in [6, 6.07) is 2.04. The van der Waals surface area contributed by atoms with Crippen molar-refractivity contribution in [3.63, 3.8) is 0 Å². The Bertz CT molecular complexity index is 221. The molecule has 2 heteroatoms. The number of rotatable bonds is 4. The van der Waals surface area contributed by atoms with Crippen molar-refractivity contribution < 1.29 is 0 Å². The second kappa shape index (κ2) is 7.49. The van der Waals surface area contributed by atoms with Gasteiger partial charge in [-0.05, 0) is 50.9 Å². The predicted molar refractivity (Wildman–Crippen MR) is 78.6 cm³/mol. The van der Waals surface area contributed by atoms with E-state index in [9.17, 15) is 0 Å². The highest BCUT2D eigenvalue weighted by atomic mass is 15.0. The van der Waals surface area contributed by atoms with Gasteiger partial charge in [0.15, 0.2) is 0 Å². The van der Waals surface area contributed by atoms with E-state index in [0.29, 0.717) is 6.04 Å². The molecule has 106 valence electrons. The van der Waals surface area contributed by atoms with Gasteiger partial charge in [0.1, 0.15) is 0 Å². The lowest BCUT2D eigenvalue weighted by Gasteiger charge is -2.30. The molecule has 0 bridgehead atoms. The van der Waals surface area contributed by atoms with E-state index in [1.165, 1.54) is 70.6 Å². The Morgan fingerprint density at radius 2 is 1.56 bits per heavy atom. The second-order valence-electron chi connectivity index (χ2n) is 6.64. The van der Waals surface area contributed by atoms with Crippen LogP contribution in [0.3, 0.4) is 0 Å². The SMILES string of the molecule is CCCC1CCCC(NC2CCC(N)CC2)CC1. The summed E-state index contributed by atoms with van der Waals surface area (Å²) < 4.78 is 0. The molecule has 18 heavy (non-hydrogen) atoms. The van der Waals surface area contributed by atoms with Crippen molar-refractivity contribution in [1.29, 1.82) is 0 Å². The number of hydrogen-bond donors (Lipinski definition) is 2. The average Bonchev–Trinajstić information content (AvgIpc) is 2.59. The molecule has 2 unspecified atom stereocenters. The molecule has 2 aliphatic rings. The van der Waals surface area contributed by atoms with Crippen LogP contribution in [0, 0.1) is 5.92 Å². The molecule has 0 amide bonds. The quantitative estimate of drug-likeness (QED) is 0.750. The van der Waals surface area contributed by atoms with Gasteiger partial charge in [0.05, 0.1) is 0 Å². The highest BCUT2D eigenvalue weighted by Crippen LogP contribution is 2.28. The minimum absolute atomic E-state index is 0.478. The Kier molecular flexibility index (Phi) is 5.97. The summed E-state index contributed by atoms with van der Waals surface area (Å²) in [5.74, 6) is 1.02. The van der Waals surface area contributed by atoms with Crippen LogP contribution in [0.4, 0.5) is 0 Å². The molecule has 0 spiro atoms. The molecule has 0 saturated heterocycles. The maximum atomic E-state index is 5.98. The second-order valence-corrected chi connectivity index (χ2v) is 6.64. The van der Waals surface area contributed by atoms with Crippen LogP contribution in [0.25, 0.3) is 0 Å². The van der Waals surface area contributed by atoms with Gasteiger partial charge in [0.2, 0.25) is 0 Å². The molecule has 0 heterocycles. The molecule has 0 aromatic heterocycles. The van der Waals surface area contributed by atoms with Crippen molar-refractivity contribution in [2.24, 2.45) is 11.7 Å². The van der Waals surface area contributed by atoms with Crippen molar-refractivity contribution in [2.45, 2.75) is 95.7 Å². The summed E-state index contributed by atoms with van der Waals surface area (Å²) in [7, 11) is 0. The first-order chi connectivity index (χ1) is 8.78. The van der Waals surface area contributed by atoms with E-state index in [-0.39, 0.29) is 0 Å². The molecule has 2 nitrogen and oxygen atoms in total. The summed E-state index contributed by atoms with van der Waals surface area (Å²) in [5, 5.41) is 3.93. The summed E-state index contributed by atoms with van der Waals surface area (Å²) in [6.07, 6.45) is 15.1. The first-order valence-electron chi connectivity index (χ1n) is 8.29. The van der Waals surface area contributed by atoms with Crippen molar-refractivity contribution in [3.8, 4) is 0 Å². The van der Waals surface area contributed by atoms with Crippen LogP contribution in [-0.4, -0.2) is 18.1 Å². The summed E-state index contributed by atoms with van der Waals surface area (Å²) in [6.45, 7) is 2.33. The van der Waals surface area contributed by atoms with Crippen LogP contribution < -0.4 is 11.1 Å². The molecular weight excluding hydrogens is 220 g/mol. The molecule has 0 radical (unpaired) electrons. The lowest BCUT2D eigenvalue weighted by molar-refractivity contribution is 0.299. The highest BCUT2D eigenvalue weighted by Gasteiger charge is 2.23. The van der Waals surface area contributed by atoms with E-state index in [4.69, 9.17) is 5.73 Å². The maximum Gasteiger partial charge on any atom is 0.00708 e. The van der Waals surface area contributed by atoms with Crippen molar-refractivity contribution in [1.82, 2.24) is 5.32 Å². The van der Waals surface area contributed by atoms with Crippen LogP contribution in [-0.2, 0) is 0 Å². The smallest absolute Gasteiger partial charge is 0.00708 e. The fourth-order valence-corrected chi connectivity index (χ4v) is 3.86. The van der Waals surface area contributed by atoms with Crippen LogP contribution in [0.1, 0.15) is 77.6 Å². The molecule has 2 fully saturated rings. The van der Waals surface area contributed by atoms with E-state index in [0.717, 1.165) is 18.0 Å². The molecule has 0 aromatic carbocycles. The van der Waals surface area contributed by atoms with Gasteiger partial charge >= 0.3 is 0 Å². The standard InChI is InChI=1S/C16H32N2/c1-2-4-13-5-3-6-15(10-7-13)18-16-11-8-14(17)9-12-16/h13-16,18H,2-12,17H2,1H3. The molecular formula is C16H32N2. The molecule has 2 aliphatic carbocycles. The van der Waals surface area contributed by atoms with E-state index in [2.05, 4.69) is 12.2 Å². The fraction of sp³-hybridized carbons (Fsp3) is 1.00. The first-order valence-corrected chi connectivity index (χ1v) is 8.29. The van der Waals surface area contributed by atoms with Crippen molar-refractivity contribution in [3.05, 3.63) is 0 Å². The van der Waals surface area contributed by atoms with Gasteiger partial charge in [-0.1, -0.05) is 32.6 Å². The minimum atomic E-state index is 0.478. The summed E-state index contributed by atoms with van der Waals surface area (Å²) >= 11 is 0. The lowest BCUT2D eigenvalue weighted by atomic mass is 9.90. The summed E-state index contributed by atoms with van der Waals surface area (Å²) in [5.41, 5.74) is 5.98. The first kappa shape index (κ1) is 14.3. The molecule has 2 saturated carbocycles. The third-order valence-electron chi connectivity index (χ3n) is 5.03.